The van der Waals surface area contributed by atoms with Gasteiger partial charge >= 0.3 is 124 Å². The maximum absolute atomic E-state index is 10.9. The second-order valence-electron chi connectivity index (χ2n) is 5.62. The van der Waals surface area contributed by atoms with Crippen molar-refractivity contribution in [1.29, 1.82) is 0 Å². The van der Waals surface area contributed by atoms with Crippen molar-refractivity contribution in [2.75, 3.05) is 58.9 Å². The molecule has 0 atom stereocenters. The molecule has 0 unspecified atom stereocenters. The van der Waals surface area contributed by atoms with Gasteiger partial charge in [-0.05, 0) is 0 Å². The number of rotatable bonds is 16. The minimum Gasteiger partial charge on any atom is -0.549 e. The molecule has 0 heterocycles. The summed E-state index contributed by atoms with van der Waals surface area (Å²) >= 11 is 0. The van der Waals surface area contributed by atoms with Crippen LogP contribution in [0.1, 0.15) is 0 Å². The van der Waals surface area contributed by atoms with Crippen LogP contribution in [0, 0.1) is 0 Å². The van der Waals surface area contributed by atoms with Crippen molar-refractivity contribution in [2.45, 2.75) is 0 Å². The third-order valence-corrected chi connectivity index (χ3v) is 3.25. The van der Waals surface area contributed by atoms with Gasteiger partial charge in [-0.15, -0.1) is 0 Å². The molecule has 160 valence electrons. The monoisotopic (exact) mass is 516 g/mol. The average Bonchev–Trinajstić information content (AvgIpc) is 2.46. The Hall–Kier alpha value is 0.749. The first kappa shape index (κ1) is 42.0. The van der Waals surface area contributed by atoms with Crippen LogP contribution in [-0.4, -0.2) is 119 Å². The van der Waals surface area contributed by atoms with E-state index in [-0.39, 0.29) is 132 Å². The van der Waals surface area contributed by atoms with Crippen molar-refractivity contribution < 1.29 is 155 Å². The van der Waals surface area contributed by atoms with Crippen LogP contribution in [0.3, 0.4) is 0 Å². The van der Waals surface area contributed by atoms with E-state index in [1.807, 2.05) is 0 Å². The fourth-order valence-electron chi connectivity index (χ4n) is 2.20. The van der Waals surface area contributed by atoms with Gasteiger partial charge < -0.3 is 35.1 Å². The van der Waals surface area contributed by atoms with Crippen LogP contribution < -0.4 is 98.9 Å². The van der Waals surface area contributed by atoms with E-state index < -0.39 is 62.6 Å². The molecule has 0 amide bonds. The zero-order valence-corrected chi connectivity index (χ0v) is 24.9. The maximum atomic E-state index is 10.9. The maximum Gasteiger partial charge on any atom is 2.00 e. The molecule has 0 aromatic carbocycles. The molecule has 0 aromatic rings. The molecule has 0 radical (unpaired) electrons. The molecule has 0 aliphatic rings. The molecule has 3 N–H and O–H groups in total. The quantitative estimate of drug-likeness (QED) is 0.163. The molecule has 0 aliphatic carbocycles. The normalized spacial score (nSPS) is 9.65. The van der Waals surface area contributed by atoms with Crippen molar-refractivity contribution in [3.8, 4) is 0 Å². The fraction of sp³-hybridized carbons (Fsp3) is 0.643. The molecular formula is C14H21FeN3Na3O10+3. The molecule has 0 rings (SSSR count). The summed E-state index contributed by atoms with van der Waals surface area (Å²) in [7, 11) is 0. The van der Waals surface area contributed by atoms with Crippen LogP contribution in [0.4, 0.5) is 0 Å². The Labute approximate surface area is 255 Å². The second-order valence-corrected chi connectivity index (χ2v) is 5.62. The summed E-state index contributed by atoms with van der Waals surface area (Å²) in [5, 5.41) is 47.8. The molecule has 17 heteroatoms. The number of nitrogens with zero attached hydrogens (tertiary/aromatic N) is 3. The van der Waals surface area contributed by atoms with Gasteiger partial charge in [0.25, 0.3) is 0 Å². The molecule has 0 spiro atoms. The van der Waals surface area contributed by atoms with Gasteiger partial charge in [-0.1, -0.05) is 0 Å². The fourth-order valence-corrected chi connectivity index (χ4v) is 2.20. The van der Waals surface area contributed by atoms with E-state index >= 15 is 0 Å². The number of carbonyl (C=O) groups is 5. The van der Waals surface area contributed by atoms with Gasteiger partial charge in [-0.25, -0.2) is 0 Å². The number of carboxylic acid groups (broad SMARTS) is 5. The molecule has 0 saturated carbocycles. The zero-order chi connectivity index (χ0) is 21.0. The van der Waals surface area contributed by atoms with E-state index in [2.05, 4.69) is 0 Å². The Morgan fingerprint density at radius 1 is 0.516 bits per heavy atom. The number of aliphatic carboxylic acids is 5. The first-order valence-electron chi connectivity index (χ1n) is 7.71. The smallest absolute Gasteiger partial charge is 0.549 e. The first-order chi connectivity index (χ1) is 12.5. The summed E-state index contributed by atoms with van der Waals surface area (Å²) in [6.07, 6.45) is 0. The van der Waals surface area contributed by atoms with Crippen LogP contribution in [0.15, 0.2) is 0 Å². The van der Waals surface area contributed by atoms with E-state index in [0.717, 1.165) is 9.80 Å². The zero-order valence-electron chi connectivity index (χ0n) is 17.8. The summed E-state index contributed by atoms with van der Waals surface area (Å²) in [4.78, 5) is 57.1. The molecule has 0 aromatic heterocycles. The molecule has 0 bridgehead atoms. The minimum atomic E-state index is -1.50. The Bertz CT molecular complexity index is 502. The first-order valence-corrected chi connectivity index (χ1v) is 7.71. The van der Waals surface area contributed by atoms with Crippen molar-refractivity contribution in [2.24, 2.45) is 0 Å². The Balaban J connectivity index is -0.000000563. The van der Waals surface area contributed by atoms with Gasteiger partial charge in [-0.3, -0.25) is 29.1 Å². The van der Waals surface area contributed by atoms with E-state index in [0.29, 0.717) is 0 Å². The Kier molecular flexibility index (Phi) is 32.3. The summed E-state index contributed by atoms with van der Waals surface area (Å²) < 4.78 is 0. The summed E-state index contributed by atoms with van der Waals surface area (Å²) in [6.45, 7) is -3.29. The average molecular weight is 516 g/mol. The molecule has 0 saturated heterocycles. The SMILES string of the molecule is O=C([O-])CN(CCN(CCN(CC(=O)[O-])CC(=O)O)CC(=O)O)CC(=O)O.[Fe+2].[Na+].[Na+].[Na+]. The minimum absolute atomic E-state index is 0. The van der Waals surface area contributed by atoms with Gasteiger partial charge in [0.15, 0.2) is 0 Å². The predicted molar refractivity (Wildman–Crippen MR) is 82.2 cm³/mol. The van der Waals surface area contributed by atoms with E-state index in [1.165, 1.54) is 4.90 Å². The van der Waals surface area contributed by atoms with E-state index in [9.17, 15) is 34.2 Å². The Morgan fingerprint density at radius 3 is 0.968 bits per heavy atom. The third-order valence-electron chi connectivity index (χ3n) is 3.25. The molecule has 31 heavy (non-hydrogen) atoms. The van der Waals surface area contributed by atoms with E-state index in [4.69, 9.17) is 15.3 Å². The van der Waals surface area contributed by atoms with Crippen LogP contribution in [-0.2, 0) is 41.0 Å². The number of carbonyl (C=O) groups excluding carboxylic acids is 2. The second kappa shape index (κ2) is 23.9. The number of hydrogen-bond donors (Lipinski definition) is 3. The van der Waals surface area contributed by atoms with Crippen molar-refractivity contribution >= 4 is 29.8 Å². The molecular weight excluding hydrogens is 495 g/mol. The van der Waals surface area contributed by atoms with E-state index in [1.54, 1.807) is 0 Å². The summed E-state index contributed by atoms with van der Waals surface area (Å²) in [5.74, 6) is -6.76. The van der Waals surface area contributed by atoms with Crippen molar-refractivity contribution in [1.82, 2.24) is 14.7 Å². The van der Waals surface area contributed by atoms with Crippen LogP contribution in [0.25, 0.3) is 0 Å². The van der Waals surface area contributed by atoms with Gasteiger partial charge in [0.2, 0.25) is 0 Å². The van der Waals surface area contributed by atoms with Crippen LogP contribution in [0.2, 0.25) is 0 Å². The third kappa shape index (κ3) is 26.9. The molecule has 13 nitrogen and oxygen atoms in total. The van der Waals surface area contributed by atoms with Gasteiger partial charge in [-0.2, -0.15) is 0 Å². The van der Waals surface area contributed by atoms with Gasteiger partial charge in [0.05, 0.1) is 31.6 Å². The van der Waals surface area contributed by atoms with Crippen molar-refractivity contribution in [3.05, 3.63) is 0 Å². The van der Waals surface area contributed by atoms with Gasteiger partial charge in [0, 0.05) is 39.3 Å². The largest absolute Gasteiger partial charge is 2.00 e. The topological polar surface area (TPSA) is 202 Å². The summed E-state index contributed by atoms with van der Waals surface area (Å²) in [5.41, 5.74) is 0. The van der Waals surface area contributed by atoms with Crippen LogP contribution >= 0.6 is 0 Å². The van der Waals surface area contributed by atoms with Crippen molar-refractivity contribution in [3.63, 3.8) is 0 Å². The standard InChI is InChI=1S/C14H23N3O10.Fe.3Na/c18-10(19)5-15(1-3-16(6-11(20)21)7-12(22)23)2-4-17(8-13(24)25)9-14(26)27;;;;/h1-9H2,(H,18,19)(H,20,21)(H,22,23)(H,24,25)(H,26,27);;;;/q;+2;3*+1/p-2. The Morgan fingerprint density at radius 2 is 0.742 bits per heavy atom. The van der Waals surface area contributed by atoms with Crippen LogP contribution in [0.5, 0.6) is 0 Å². The summed E-state index contributed by atoms with van der Waals surface area (Å²) in [6, 6.07) is 0. The number of hydrogen-bond acceptors (Lipinski definition) is 10. The predicted octanol–water partition coefficient (Wildman–Crippen LogP) is -14.3. The molecule has 0 fully saturated rings. The number of carboxylic acids is 5. The van der Waals surface area contributed by atoms with Gasteiger partial charge in [0.1, 0.15) is 0 Å². The molecule has 0 aliphatic heterocycles.